The van der Waals surface area contributed by atoms with Crippen molar-refractivity contribution < 1.29 is 9.53 Å². The van der Waals surface area contributed by atoms with Crippen LogP contribution in [0, 0.1) is 6.92 Å². The molecule has 1 amide bonds. The van der Waals surface area contributed by atoms with Crippen molar-refractivity contribution in [2.45, 2.75) is 6.92 Å². The topological polar surface area (TPSA) is 29.5 Å². The Kier molecular flexibility index (Phi) is 2.15. The molecule has 1 aliphatic rings. The van der Waals surface area contributed by atoms with Gasteiger partial charge in [-0.25, -0.2) is 3.11 Å². The Morgan fingerprint density at radius 3 is 3.08 bits per heavy atom. The summed E-state index contributed by atoms with van der Waals surface area (Å²) in [6, 6.07) is 5.77. The summed E-state index contributed by atoms with van der Waals surface area (Å²) in [6.07, 6.45) is 0. The zero-order valence-corrected chi connectivity index (χ0v) is 9.24. The van der Waals surface area contributed by atoms with E-state index in [0.717, 1.165) is 17.0 Å². The highest BCUT2D eigenvalue weighted by Gasteiger charge is 2.24. The quantitative estimate of drug-likeness (QED) is 0.540. The first kappa shape index (κ1) is 8.80. The molecule has 1 aromatic rings. The van der Waals surface area contributed by atoms with Crippen molar-refractivity contribution in [2.75, 3.05) is 9.72 Å². The molecule has 3 nitrogen and oxygen atoms in total. The van der Waals surface area contributed by atoms with E-state index in [0.29, 0.717) is 0 Å². The molecule has 1 aliphatic heterocycles. The van der Waals surface area contributed by atoms with Crippen LogP contribution in [-0.2, 0) is 4.79 Å². The van der Waals surface area contributed by atoms with E-state index in [9.17, 15) is 4.79 Å². The average molecular weight is 289 g/mol. The number of rotatable bonds is 0. The van der Waals surface area contributed by atoms with Gasteiger partial charge in [-0.3, -0.25) is 4.79 Å². The lowest BCUT2D eigenvalue weighted by Crippen LogP contribution is -2.31. The molecule has 0 bridgehead atoms. The van der Waals surface area contributed by atoms with Gasteiger partial charge in [0.15, 0.2) is 6.61 Å². The van der Waals surface area contributed by atoms with Crippen LogP contribution in [0.5, 0.6) is 5.75 Å². The molecular formula is C9H8INO2. The number of carbonyl (C=O) groups excluding carboxylic acids is 1. The normalized spacial score (nSPS) is 15.2. The van der Waals surface area contributed by atoms with E-state index in [1.807, 2.05) is 48.0 Å². The Hall–Kier alpha value is -0.780. The molecule has 0 saturated carbocycles. The summed E-state index contributed by atoms with van der Waals surface area (Å²) in [5.74, 6) is 0.801. The fraction of sp³-hybridized carbons (Fsp3) is 0.222. The van der Waals surface area contributed by atoms with Crippen LogP contribution in [0.3, 0.4) is 0 Å². The first-order chi connectivity index (χ1) is 6.20. The summed E-state index contributed by atoms with van der Waals surface area (Å²) in [5, 5.41) is 0. The highest BCUT2D eigenvalue weighted by Crippen LogP contribution is 2.36. The van der Waals surface area contributed by atoms with Crippen molar-refractivity contribution in [3.8, 4) is 5.75 Å². The third-order valence-corrected chi connectivity index (χ3v) is 3.02. The molecule has 0 N–H and O–H groups in total. The van der Waals surface area contributed by atoms with Crippen molar-refractivity contribution in [3.63, 3.8) is 0 Å². The van der Waals surface area contributed by atoms with Crippen LogP contribution in [0.1, 0.15) is 5.56 Å². The van der Waals surface area contributed by atoms with E-state index >= 15 is 0 Å². The van der Waals surface area contributed by atoms with Gasteiger partial charge in [-0.15, -0.1) is 0 Å². The number of aryl methyl sites for hydroxylation is 1. The van der Waals surface area contributed by atoms with Crippen LogP contribution in [-0.4, -0.2) is 12.5 Å². The summed E-state index contributed by atoms with van der Waals surface area (Å²) in [7, 11) is 0. The number of carbonyl (C=O) groups is 1. The van der Waals surface area contributed by atoms with Gasteiger partial charge in [-0.05, 0) is 18.6 Å². The molecule has 0 spiro atoms. The second-order valence-corrected chi connectivity index (χ2v) is 3.85. The zero-order valence-electron chi connectivity index (χ0n) is 7.08. The molecule has 0 saturated heterocycles. The first-order valence-electron chi connectivity index (χ1n) is 3.91. The number of ether oxygens (including phenoxy) is 1. The van der Waals surface area contributed by atoms with E-state index in [-0.39, 0.29) is 12.5 Å². The second kappa shape index (κ2) is 3.17. The minimum atomic E-state index is -0.0151. The van der Waals surface area contributed by atoms with Crippen LogP contribution in [0.2, 0.25) is 0 Å². The Bertz CT molecular complexity index is 365. The Balaban J connectivity index is 2.55. The highest BCUT2D eigenvalue weighted by molar-refractivity contribution is 14.1. The van der Waals surface area contributed by atoms with Gasteiger partial charge in [0.1, 0.15) is 5.75 Å². The highest BCUT2D eigenvalue weighted by atomic mass is 127. The minimum absolute atomic E-state index is 0.0151. The van der Waals surface area contributed by atoms with Crippen LogP contribution in [0.25, 0.3) is 0 Å². The van der Waals surface area contributed by atoms with Crippen molar-refractivity contribution >= 4 is 34.5 Å². The molecule has 0 aliphatic carbocycles. The predicted molar refractivity (Wildman–Crippen MR) is 58.2 cm³/mol. The first-order valence-corrected chi connectivity index (χ1v) is 4.88. The smallest absolute Gasteiger partial charge is 0.273 e. The zero-order chi connectivity index (χ0) is 9.42. The van der Waals surface area contributed by atoms with Crippen LogP contribution in [0.15, 0.2) is 18.2 Å². The maximum Gasteiger partial charge on any atom is 0.273 e. The molecule has 0 aromatic heterocycles. The number of hydrogen-bond donors (Lipinski definition) is 0. The minimum Gasteiger partial charge on any atom is -0.481 e. The number of benzene rings is 1. The lowest BCUT2D eigenvalue weighted by molar-refractivity contribution is -0.119. The number of halogens is 1. The van der Waals surface area contributed by atoms with E-state index in [2.05, 4.69) is 0 Å². The standard InChI is InChI=1S/C9H8INO2/c1-6-3-2-4-7-9(6)13-5-8(12)11(7)10/h2-4H,5H2,1H3. The number of nitrogens with zero attached hydrogens (tertiary/aromatic N) is 1. The number of hydrogen-bond acceptors (Lipinski definition) is 2. The predicted octanol–water partition coefficient (Wildman–Crippen LogP) is 2.07. The van der Waals surface area contributed by atoms with Gasteiger partial charge in [-0.1, -0.05) is 12.1 Å². The largest absolute Gasteiger partial charge is 0.481 e. The van der Waals surface area contributed by atoms with E-state index < -0.39 is 0 Å². The summed E-state index contributed by atoms with van der Waals surface area (Å²) >= 11 is 1.99. The van der Waals surface area contributed by atoms with Gasteiger partial charge in [0.05, 0.1) is 28.6 Å². The molecule has 13 heavy (non-hydrogen) atoms. The Labute approximate surface area is 90.2 Å². The van der Waals surface area contributed by atoms with E-state index in [1.54, 1.807) is 3.11 Å². The molecular weight excluding hydrogens is 281 g/mol. The number of anilines is 1. The third-order valence-electron chi connectivity index (χ3n) is 1.96. The monoisotopic (exact) mass is 289 g/mol. The molecule has 0 radical (unpaired) electrons. The fourth-order valence-electron chi connectivity index (χ4n) is 1.30. The summed E-state index contributed by atoms with van der Waals surface area (Å²) < 4.78 is 6.94. The van der Waals surface area contributed by atoms with Crippen molar-refractivity contribution in [3.05, 3.63) is 23.8 Å². The Morgan fingerprint density at radius 2 is 2.31 bits per heavy atom. The number of para-hydroxylation sites is 1. The van der Waals surface area contributed by atoms with E-state index in [4.69, 9.17) is 4.74 Å². The van der Waals surface area contributed by atoms with Crippen LogP contribution < -0.4 is 7.85 Å². The van der Waals surface area contributed by atoms with Gasteiger partial charge < -0.3 is 4.74 Å². The second-order valence-electron chi connectivity index (χ2n) is 2.89. The molecule has 1 heterocycles. The summed E-state index contributed by atoms with van der Waals surface area (Å²) in [5.41, 5.74) is 1.91. The summed E-state index contributed by atoms with van der Waals surface area (Å²) in [6.45, 7) is 2.11. The fourth-order valence-corrected chi connectivity index (χ4v) is 1.82. The van der Waals surface area contributed by atoms with Gasteiger partial charge in [0.25, 0.3) is 5.91 Å². The van der Waals surface area contributed by atoms with Crippen LogP contribution in [0.4, 0.5) is 5.69 Å². The number of amides is 1. The third kappa shape index (κ3) is 1.39. The van der Waals surface area contributed by atoms with E-state index in [1.165, 1.54) is 0 Å². The lowest BCUT2D eigenvalue weighted by Gasteiger charge is -2.24. The molecule has 0 unspecified atom stereocenters. The molecule has 0 atom stereocenters. The molecule has 4 heteroatoms. The summed E-state index contributed by atoms with van der Waals surface area (Å²) in [4.78, 5) is 11.3. The maximum atomic E-state index is 11.3. The SMILES string of the molecule is Cc1cccc2c1OCC(=O)N2I. The van der Waals surface area contributed by atoms with Crippen LogP contribution >= 0.6 is 22.9 Å². The molecule has 0 fully saturated rings. The Morgan fingerprint density at radius 1 is 1.54 bits per heavy atom. The van der Waals surface area contributed by atoms with Gasteiger partial charge in [0.2, 0.25) is 0 Å². The lowest BCUT2D eigenvalue weighted by atomic mass is 10.2. The van der Waals surface area contributed by atoms with Crippen molar-refractivity contribution in [2.24, 2.45) is 0 Å². The van der Waals surface area contributed by atoms with Gasteiger partial charge in [0, 0.05) is 0 Å². The molecule has 2 rings (SSSR count). The van der Waals surface area contributed by atoms with Gasteiger partial charge >= 0.3 is 0 Å². The van der Waals surface area contributed by atoms with Crippen molar-refractivity contribution in [1.29, 1.82) is 0 Å². The number of fused-ring (bicyclic) bond motifs is 1. The maximum absolute atomic E-state index is 11.3. The van der Waals surface area contributed by atoms with Gasteiger partial charge in [-0.2, -0.15) is 0 Å². The molecule has 1 aromatic carbocycles. The molecule has 68 valence electrons. The van der Waals surface area contributed by atoms with Crippen molar-refractivity contribution in [1.82, 2.24) is 0 Å². The average Bonchev–Trinajstić information content (AvgIpc) is 2.12.